The van der Waals surface area contributed by atoms with Gasteiger partial charge in [0.15, 0.2) is 6.04 Å². The van der Waals surface area contributed by atoms with E-state index in [1.54, 1.807) is 12.1 Å². The van der Waals surface area contributed by atoms with Crippen LogP contribution in [0.5, 0.6) is 0 Å². The molecule has 0 radical (unpaired) electrons. The van der Waals surface area contributed by atoms with E-state index in [0.29, 0.717) is 6.42 Å². The summed E-state index contributed by atoms with van der Waals surface area (Å²) in [6.45, 7) is 3.58. The number of ether oxygens (including phenoxy) is 1. The number of carbonyl (C=O) groups is 2. The number of rotatable bonds is 8. The first-order chi connectivity index (χ1) is 10.5. The summed E-state index contributed by atoms with van der Waals surface area (Å²) in [5.74, 6) is -2.04. The number of nitrogens with one attached hydrogen (secondary N) is 1. The zero-order valence-electron chi connectivity index (χ0n) is 12.0. The maximum absolute atomic E-state index is 12.9. The van der Waals surface area contributed by atoms with Gasteiger partial charge in [-0.15, -0.1) is 6.58 Å². The van der Waals surface area contributed by atoms with Crippen LogP contribution in [-0.2, 0) is 14.3 Å². The summed E-state index contributed by atoms with van der Waals surface area (Å²) >= 11 is 0. The quantitative estimate of drug-likeness (QED) is 0.566. The van der Waals surface area contributed by atoms with Crippen LogP contribution in [0, 0.1) is 11.7 Å². The average molecular weight is 307 g/mol. The van der Waals surface area contributed by atoms with Crippen molar-refractivity contribution in [2.45, 2.75) is 18.4 Å². The first-order valence-corrected chi connectivity index (χ1v) is 7.00. The number of amides is 1. The second kappa shape index (κ2) is 7.17. The third-order valence-electron chi connectivity index (χ3n) is 3.56. The van der Waals surface area contributed by atoms with Crippen molar-refractivity contribution in [3.8, 4) is 0 Å². The van der Waals surface area contributed by atoms with Gasteiger partial charge < -0.3 is 15.2 Å². The van der Waals surface area contributed by atoms with Crippen LogP contribution in [0.1, 0.15) is 17.9 Å². The molecule has 1 aromatic rings. The molecular weight excluding hydrogens is 289 g/mol. The van der Waals surface area contributed by atoms with Crippen LogP contribution in [0.25, 0.3) is 0 Å². The fourth-order valence-corrected chi connectivity index (χ4v) is 2.29. The molecule has 2 rings (SSSR count). The first kappa shape index (κ1) is 16.2. The third kappa shape index (κ3) is 4.14. The van der Waals surface area contributed by atoms with Crippen molar-refractivity contribution in [3.63, 3.8) is 0 Å². The van der Waals surface area contributed by atoms with E-state index in [4.69, 9.17) is 9.84 Å². The minimum Gasteiger partial charge on any atom is -0.480 e. The Morgan fingerprint density at radius 3 is 2.73 bits per heavy atom. The van der Waals surface area contributed by atoms with Gasteiger partial charge in [0.25, 0.3) is 0 Å². The largest absolute Gasteiger partial charge is 0.480 e. The summed E-state index contributed by atoms with van der Waals surface area (Å²) < 4.78 is 17.9. The Bertz CT molecular complexity index is 558. The molecule has 0 spiro atoms. The van der Waals surface area contributed by atoms with E-state index < -0.39 is 12.0 Å². The van der Waals surface area contributed by atoms with Gasteiger partial charge in [-0.25, -0.2) is 9.18 Å². The van der Waals surface area contributed by atoms with Crippen LogP contribution in [0.3, 0.4) is 0 Å². The molecule has 0 bridgehead atoms. The molecular formula is C16H18FNO4. The number of carboxylic acid groups (broad SMARTS) is 1. The molecule has 1 amide bonds. The van der Waals surface area contributed by atoms with Crippen molar-refractivity contribution in [1.82, 2.24) is 5.32 Å². The Morgan fingerprint density at radius 2 is 2.14 bits per heavy atom. The number of hydrogen-bond acceptors (Lipinski definition) is 3. The maximum Gasteiger partial charge on any atom is 0.328 e. The molecule has 1 saturated carbocycles. The molecule has 0 aromatic heterocycles. The van der Waals surface area contributed by atoms with Gasteiger partial charge in [0.05, 0.1) is 13.2 Å². The topological polar surface area (TPSA) is 75.6 Å². The number of halogens is 1. The number of hydrogen-bond donors (Lipinski definition) is 2. The van der Waals surface area contributed by atoms with Crippen LogP contribution < -0.4 is 5.32 Å². The zero-order valence-corrected chi connectivity index (χ0v) is 12.0. The molecule has 6 heteroatoms. The SMILES string of the molecule is C=CCOCC(NC(=O)C1CC1c1ccc(F)cc1)C(=O)O. The van der Waals surface area contributed by atoms with E-state index in [1.807, 2.05) is 0 Å². The summed E-state index contributed by atoms with van der Waals surface area (Å²) in [6, 6.07) is 4.92. The summed E-state index contributed by atoms with van der Waals surface area (Å²) in [4.78, 5) is 23.2. The minimum atomic E-state index is -1.14. The number of carboxylic acids is 1. The molecule has 1 fully saturated rings. The van der Waals surface area contributed by atoms with Crippen LogP contribution in [0.15, 0.2) is 36.9 Å². The monoisotopic (exact) mass is 307 g/mol. The Labute approximate surface area is 127 Å². The predicted octanol–water partition coefficient (Wildman–Crippen LogP) is 1.70. The van der Waals surface area contributed by atoms with E-state index in [2.05, 4.69) is 11.9 Å². The lowest BCUT2D eigenvalue weighted by Crippen LogP contribution is -2.44. The van der Waals surface area contributed by atoms with E-state index in [9.17, 15) is 14.0 Å². The van der Waals surface area contributed by atoms with Gasteiger partial charge in [0, 0.05) is 5.92 Å². The van der Waals surface area contributed by atoms with Crippen molar-refractivity contribution in [2.75, 3.05) is 13.2 Å². The highest BCUT2D eigenvalue weighted by molar-refractivity contribution is 5.87. The fraction of sp³-hybridized carbons (Fsp3) is 0.375. The Morgan fingerprint density at radius 1 is 1.45 bits per heavy atom. The lowest BCUT2D eigenvalue weighted by Gasteiger charge is -2.14. The van der Waals surface area contributed by atoms with Gasteiger partial charge in [0.1, 0.15) is 5.82 Å². The lowest BCUT2D eigenvalue weighted by atomic mass is 10.1. The summed E-state index contributed by atoms with van der Waals surface area (Å²) in [6.07, 6.45) is 2.14. The molecule has 2 N–H and O–H groups in total. The molecule has 0 aliphatic heterocycles. The molecule has 1 aromatic carbocycles. The van der Waals surface area contributed by atoms with Crippen molar-refractivity contribution in [2.24, 2.45) is 5.92 Å². The molecule has 0 saturated heterocycles. The van der Waals surface area contributed by atoms with E-state index >= 15 is 0 Å². The van der Waals surface area contributed by atoms with Gasteiger partial charge in [-0.05, 0) is 30.0 Å². The Hall–Kier alpha value is -2.21. The van der Waals surface area contributed by atoms with E-state index in [1.165, 1.54) is 18.2 Å². The van der Waals surface area contributed by atoms with Crippen molar-refractivity contribution in [3.05, 3.63) is 48.3 Å². The Kier molecular flexibility index (Phi) is 5.27. The highest BCUT2D eigenvalue weighted by Crippen LogP contribution is 2.47. The molecule has 118 valence electrons. The van der Waals surface area contributed by atoms with Gasteiger partial charge in [-0.1, -0.05) is 18.2 Å². The van der Waals surface area contributed by atoms with Gasteiger partial charge in [-0.3, -0.25) is 4.79 Å². The number of carbonyl (C=O) groups excluding carboxylic acids is 1. The molecule has 1 aliphatic carbocycles. The van der Waals surface area contributed by atoms with Crippen LogP contribution >= 0.6 is 0 Å². The smallest absolute Gasteiger partial charge is 0.328 e. The van der Waals surface area contributed by atoms with Crippen molar-refractivity contribution < 1.29 is 23.8 Å². The average Bonchev–Trinajstić information content (AvgIpc) is 3.27. The van der Waals surface area contributed by atoms with Gasteiger partial charge in [0.2, 0.25) is 5.91 Å². The first-order valence-electron chi connectivity index (χ1n) is 7.00. The van der Waals surface area contributed by atoms with Crippen LogP contribution in [-0.4, -0.2) is 36.2 Å². The molecule has 5 nitrogen and oxygen atoms in total. The predicted molar refractivity (Wildman–Crippen MR) is 77.8 cm³/mol. The van der Waals surface area contributed by atoms with Crippen LogP contribution in [0.4, 0.5) is 4.39 Å². The van der Waals surface area contributed by atoms with Crippen molar-refractivity contribution >= 4 is 11.9 Å². The van der Waals surface area contributed by atoms with E-state index in [0.717, 1.165) is 5.56 Å². The lowest BCUT2D eigenvalue weighted by molar-refractivity contribution is -0.143. The summed E-state index contributed by atoms with van der Waals surface area (Å²) in [5.41, 5.74) is 0.885. The van der Waals surface area contributed by atoms with Gasteiger partial charge in [-0.2, -0.15) is 0 Å². The summed E-state index contributed by atoms with van der Waals surface area (Å²) in [5, 5.41) is 11.6. The molecule has 0 heterocycles. The Balaban J connectivity index is 1.88. The van der Waals surface area contributed by atoms with Crippen molar-refractivity contribution in [1.29, 1.82) is 0 Å². The van der Waals surface area contributed by atoms with Gasteiger partial charge >= 0.3 is 5.97 Å². The maximum atomic E-state index is 12.9. The van der Waals surface area contributed by atoms with E-state index in [-0.39, 0.29) is 36.8 Å². The zero-order chi connectivity index (χ0) is 16.1. The molecule has 3 atom stereocenters. The number of aliphatic carboxylic acids is 1. The standard InChI is InChI=1S/C16H18FNO4/c1-2-7-22-9-14(16(20)21)18-15(19)13-8-12(13)10-3-5-11(17)6-4-10/h2-6,12-14H,1,7-9H2,(H,18,19)(H,20,21). The second-order valence-electron chi connectivity index (χ2n) is 5.23. The summed E-state index contributed by atoms with van der Waals surface area (Å²) in [7, 11) is 0. The normalized spacial score (nSPS) is 21.0. The minimum absolute atomic E-state index is 0.0177. The highest BCUT2D eigenvalue weighted by atomic mass is 19.1. The highest BCUT2D eigenvalue weighted by Gasteiger charge is 2.44. The molecule has 3 unspecified atom stereocenters. The second-order valence-corrected chi connectivity index (χ2v) is 5.23. The fourth-order valence-electron chi connectivity index (χ4n) is 2.29. The number of benzene rings is 1. The molecule has 22 heavy (non-hydrogen) atoms. The molecule has 1 aliphatic rings. The third-order valence-corrected chi connectivity index (χ3v) is 3.56. The van der Waals surface area contributed by atoms with Crippen LogP contribution in [0.2, 0.25) is 0 Å².